The van der Waals surface area contributed by atoms with Gasteiger partial charge in [-0.2, -0.15) is 0 Å². The topological polar surface area (TPSA) is 107 Å². The van der Waals surface area contributed by atoms with Crippen LogP contribution in [0.15, 0.2) is 84.9 Å². The summed E-state index contributed by atoms with van der Waals surface area (Å²) in [6, 6.07) is 23.8. The predicted molar refractivity (Wildman–Crippen MR) is 147 cm³/mol. The number of amides is 1. The highest BCUT2D eigenvalue weighted by Crippen LogP contribution is 2.34. The third-order valence-electron chi connectivity index (χ3n) is 5.98. The molecule has 7 nitrogen and oxygen atoms in total. The molecular weight excluding hydrogens is 512 g/mol. The Morgan fingerprint density at radius 1 is 0.892 bits per heavy atom. The number of carboxylic acids is 1. The number of halogens is 1. The molecule has 9 heteroatoms. The first kappa shape index (κ1) is 26.3. The molecule has 0 spiro atoms. The molecule has 2 unspecified atom stereocenters. The van der Waals surface area contributed by atoms with Gasteiger partial charge in [0.25, 0.3) is 17.2 Å². The van der Waals surface area contributed by atoms with E-state index in [1.54, 1.807) is 74.5 Å². The number of rotatable bonds is 8. The van der Waals surface area contributed by atoms with Gasteiger partial charge in [0.2, 0.25) is 0 Å². The van der Waals surface area contributed by atoms with Crippen LogP contribution in [0.1, 0.15) is 24.2 Å². The minimum Gasteiger partial charge on any atom is -0.480 e. The van der Waals surface area contributed by atoms with Gasteiger partial charge in [-0.1, -0.05) is 67.9 Å². The van der Waals surface area contributed by atoms with Gasteiger partial charge in [-0.05, 0) is 64.9 Å². The molecule has 0 heterocycles. The van der Waals surface area contributed by atoms with Gasteiger partial charge in [0.1, 0.15) is 6.04 Å². The Bertz CT molecular complexity index is 1490. The second-order valence-corrected chi connectivity index (χ2v) is 10.1. The number of nitrogens with one attached hydrogen (secondary N) is 1. The van der Waals surface area contributed by atoms with E-state index in [2.05, 4.69) is 5.32 Å². The number of carbonyl (C=O) groups is 2. The van der Waals surface area contributed by atoms with Gasteiger partial charge >= 0.3 is 5.97 Å². The highest BCUT2D eigenvalue weighted by molar-refractivity contribution is 7.81. The molecule has 2 atom stereocenters. The van der Waals surface area contributed by atoms with Crippen LogP contribution < -0.4 is 9.62 Å². The highest BCUT2D eigenvalue weighted by Gasteiger charge is 2.24. The van der Waals surface area contributed by atoms with Gasteiger partial charge in [-0.15, -0.1) is 0 Å². The van der Waals surface area contributed by atoms with Crippen LogP contribution in [0, 0.1) is 5.92 Å². The molecule has 4 rings (SSSR count). The molecule has 0 aliphatic heterocycles. The number of carbonyl (C=O) groups excluding carboxylic acids is 1. The van der Waals surface area contributed by atoms with Gasteiger partial charge in [-0.25, -0.2) is 13.3 Å². The zero-order valence-corrected chi connectivity index (χ0v) is 21.7. The van der Waals surface area contributed by atoms with Gasteiger partial charge in [0.05, 0.1) is 11.4 Å². The lowest BCUT2D eigenvalue weighted by Crippen LogP contribution is -2.44. The number of hydrogen-bond acceptors (Lipinski definition) is 3. The Hall–Kier alpha value is -3.72. The summed E-state index contributed by atoms with van der Waals surface area (Å²) in [6.07, 6.45) is 0. The second kappa shape index (κ2) is 11.1. The molecular formula is C28H25ClN2O5S. The van der Waals surface area contributed by atoms with E-state index in [1.807, 2.05) is 24.3 Å². The van der Waals surface area contributed by atoms with E-state index < -0.39 is 29.2 Å². The van der Waals surface area contributed by atoms with Crippen molar-refractivity contribution in [2.75, 3.05) is 4.31 Å². The maximum atomic E-state index is 12.6. The van der Waals surface area contributed by atoms with Crippen molar-refractivity contribution in [2.45, 2.75) is 19.9 Å². The average molecular weight is 537 g/mol. The van der Waals surface area contributed by atoms with Crippen LogP contribution in [-0.2, 0) is 16.1 Å². The lowest BCUT2D eigenvalue weighted by atomic mass is 10.0. The first-order valence-corrected chi connectivity index (χ1v) is 12.9. The van der Waals surface area contributed by atoms with E-state index >= 15 is 0 Å². The van der Waals surface area contributed by atoms with Crippen LogP contribution in [0.3, 0.4) is 0 Å². The fraction of sp³-hybridized carbons (Fsp3) is 0.143. The standard InChI is InChI=1S/C28H25ClN2O5S/c1-17(2)26(28(33)34)30-27(32)19-11-9-18(10-12-19)20-5-3-7-22(15-20)31(37(35)36)23-13-14-24-21(16-23)6-4-8-25(24)29/h3-17,26H,1-2H3,(H,30,32)(H,33,34)(H,35,36). The Balaban J connectivity index is 1.62. The fourth-order valence-corrected chi connectivity index (χ4v) is 4.88. The van der Waals surface area contributed by atoms with Crippen molar-refractivity contribution in [3.05, 3.63) is 95.5 Å². The van der Waals surface area contributed by atoms with Crippen molar-refractivity contribution in [3.63, 3.8) is 0 Å². The van der Waals surface area contributed by atoms with Crippen LogP contribution in [-0.4, -0.2) is 31.8 Å². The number of fused-ring (bicyclic) bond motifs is 1. The highest BCUT2D eigenvalue weighted by atomic mass is 35.5. The Morgan fingerprint density at radius 2 is 1.57 bits per heavy atom. The molecule has 0 aliphatic carbocycles. The van der Waals surface area contributed by atoms with Crippen LogP contribution in [0.25, 0.3) is 21.9 Å². The molecule has 0 aliphatic rings. The number of anilines is 2. The fourth-order valence-electron chi connectivity index (χ4n) is 4.05. The van der Waals surface area contributed by atoms with Crippen LogP contribution in [0.5, 0.6) is 0 Å². The maximum absolute atomic E-state index is 12.6. The molecule has 0 saturated carbocycles. The number of benzene rings is 4. The molecule has 4 aromatic carbocycles. The average Bonchev–Trinajstić information content (AvgIpc) is 2.87. The lowest BCUT2D eigenvalue weighted by Gasteiger charge is -2.21. The SMILES string of the molecule is CC(C)C(NC(=O)c1ccc(-c2cccc(N(c3ccc4c(Cl)cccc4c3)S(=O)O)c2)cc1)C(=O)O. The van der Waals surface area contributed by atoms with Gasteiger partial charge < -0.3 is 10.4 Å². The summed E-state index contributed by atoms with van der Waals surface area (Å²) >= 11 is 3.92. The van der Waals surface area contributed by atoms with Crippen molar-refractivity contribution < 1.29 is 23.5 Å². The Morgan fingerprint density at radius 3 is 2.22 bits per heavy atom. The number of hydrogen-bond donors (Lipinski definition) is 3. The summed E-state index contributed by atoms with van der Waals surface area (Å²) in [5, 5.41) is 14.2. The molecule has 0 radical (unpaired) electrons. The lowest BCUT2D eigenvalue weighted by molar-refractivity contribution is -0.140. The van der Waals surface area contributed by atoms with Gasteiger partial charge in [0.15, 0.2) is 0 Å². The van der Waals surface area contributed by atoms with Crippen molar-refractivity contribution in [2.24, 2.45) is 5.92 Å². The summed E-state index contributed by atoms with van der Waals surface area (Å²) < 4.78 is 23.8. The van der Waals surface area contributed by atoms with Crippen LogP contribution in [0.4, 0.5) is 11.4 Å². The molecule has 37 heavy (non-hydrogen) atoms. The summed E-state index contributed by atoms with van der Waals surface area (Å²) in [6.45, 7) is 3.45. The first-order chi connectivity index (χ1) is 17.7. The molecule has 190 valence electrons. The first-order valence-electron chi connectivity index (χ1n) is 11.5. The van der Waals surface area contributed by atoms with E-state index in [1.165, 1.54) is 4.31 Å². The number of nitrogens with zero attached hydrogens (tertiary/aromatic N) is 1. The molecule has 0 aromatic heterocycles. The van der Waals surface area contributed by atoms with E-state index in [9.17, 15) is 23.5 Å². The maximum Gasteiger partial charge on any atom is 0.326 e. The minimum absolute atomic E-state index is 0.261. The molecule has 0 fully saturated rings. The molecule has 1 amide bonds. The summed E-state index contributed by atoms with van der Waals surface area (Å²) in [7, 11) is 0. The van der Waals surface area contributed by atoms with Crippen molar-refractivity contribution in [1.82, 2.24) is 5.32 Å². The van der Waals surface area contributed by atoms with Crippen LogP contribution in [0.2, 0.25) is 5.02 Å². The summed E-state index contributed by atoms with van der Waals surface area (Å²) in [5.74, 6) is -1.82. The Labute approximate surface area is 222 Å². The van der Waals surface area contributed by atoms with Crippen molar-refractivity contribution in [1.29, 1.82) is 0 Å². The third-order valence-corrected chi connectivity index (χ3v) is 7.05. The van der Waals surface area contributed by atoms with E-state index in [-0.39, 0.29) is 5.92 Å². The second-order valence-electron chi connectivity index (χ2n) is 8.83. The van der Waals surface area contributed by atoms with E-state index in [4.69, 9.17) is 11.6 Å². The monoisotopic (exact) mass is 536 g/mol. The summed E-state index contributed by atoms with van der Waals surface area (Å²) in [5.41, 5.74) is 2.92. The van der Waals surface area contributed by atoms with E-state index in [0.717, 1.165) is 21.9 Å². The number of carboxylic acid groups (broad SMARTS) is 1. The minimum atomic E-state index is -2.34. The molecule has 4 aromatic rings. The molecule has 0 saturated heterocycles. The third kappa shape index (κ3) is 5.83. The molecule has 3 N–H and O–H groups in total. The van der Waals surface area contributed by atoms with Crippen molar-refractivity contribution in [3.8, 4) is 11.1 Å². The molecule has 0 bridgehead atoms. The summed E-state index contributed by atoms with van der Waals surface area (Å²) in [4.78, 5) is 23.9. The van der Waals surface area contributed by atoms with Gasteiger partial charge in [0, 0.05) is 16.0 Å². The zero-order valence-electron chi connectivity index (χ0n) is 20.1. The van der Waals surface area contributed by atoms with Crippen LogP contribution >= 0.6 is 11.6 Å². The number of aliphatic carboxylic acids is 1. The predicted octanol–water partition coefficient (Wildman–Crippen LogP) is 6.27. The Kier molecular flexibility index (Phi) is 7.92. The van der Waals surface area contributed by atoms with E-state index in [0.29, 0.717) is 22.0 Å². The smallest absolute Gasteiger partial charge is 0.326 e. The van der Waals surface area contributed by atoms with Gasteiger partial charge in [-0.3, -0.25) is 9.35 Å². The zero-order chi connectivity index (χ0) is 26.7. The van der Waals surface area contributed by atoms with Crippen molar-refractivity contribution >= 4 is 56.9 Å². The largest absolute Gasteiger partial charge is 0.480 e. The normalized spacial score (nSPS) is 12.8. The quantitative estimate of drug-likeness (QED) is 0.230.